The van der Waals surface area contributed by atoms with Crippen LogP contribution in [0.5, 0.6) is 0 Å². The Morgan fingerprint density at radius 2 is 1.95 bits per heavy atom. The van der Waals surface area contributed by atoms with Crippen molar-refractivity contribution in [2.45, 2.75) is 32.2 Å². The van der Waals surface area contributed by atoms with Crippen LogP contribution in [0.3, 0.4) is 0 Å². The Bertz CT molecular complexity index is 420. The van der Waals surface area contributed by atoms with Crippen LogP contribution in [0, 0.1) is 0 Å². The van der Waals surface area contributed by atoms with Crippen LogP contribution < -0.4 is 10.6 Å². The number of rotatable bonds is 4. The summed E-state index contributed by atoms with van der Waals surface area (Å²) < 4.78 is 0. The number of hydrogen-bond donors (Lipinski definition) is 2. The van der Waals surface area contributed by atoms with Crippen molar-refractivity contribution < 1.29 is 14.4 Å². The van der Waals surface area contributed by atoms with E-state index in [2.05, 4.69) is 10.6 Å². The summed E-state index contributed by atoms with van der Waals surface area (Å²) in [5.74, 6) is -0.240. The minimum absolute atomic E-state index is 0.00259. The molecule has 0 aromatic carbocycles. The van der Waals surface area contributed by atoms with Crippen LogP contribution in [0.4, 0.5) is 4.79 Å². The zero-order valence-corrected chi connectivity index (χ0v) is 12.1. The van der Waals surface area contributed by atoms with Gasteiger partial charge in [0.05, 0.1) is 0 Å². The molecule has 4 amide bonds. The van der Waals surface area contributed by atoms with Crippen LogP contribution >= 0.6 is 0 Å². The number of urea groups is 1. The molecule has 0 aromatic rings. The number of piperazine rings is 1. The number of amides is 4. The van der Waals surface area contributed by atoms with Crippen molar-refractivity contribution in [3.8, 4) is 0 Å². The number of nitrogens with zero attached hydrogens (tertiary/aromatic N) is 2. The van der Waals surface area contributed by atoms with Crippen LogP contribution in [0.25, 0.3) is 0 Å². The minimum Gasteiger partial charge on any atom is -0.340 e. The molecule has 112 valence electrons. The monoisotopic (exact) mass is 282 g/mol. The lowest BCUT2D eigenvalue weighted by Gasteiger charge is -2.28. The molecule has 7 heteroatoms. The van der Waals surface area contributed by atoms with Gasteiger partial charge < -0.3 is 15.5 Å². The van der Waals surface area contributed by atoms with Crippen molar-refractivity contribution in [2.24, 2.45) is 0 Å². The van der Waals surface area contributed by atoms with E-state index in [0.29, 0.717) is 19.5 Å². The molecule has 2 N–H and O–H groups in total. The van der Waals surface area contributed by atoms with Crippen molar-refractivity contribution >= 4 is 17.8 Å². The number of nitrogens with one attached hydrogen (secondary N) is 2. The smallest absolute Gasteiger partial charge is 0.325 e. The van der Waals surface area contributed by atoms with E-state index >= 15 is 0 Å². The summed E-state index contributed by atoms with van der Waals surface area (Å²) in [6.45, 7) is 6.69. The predicted octanol–water partition coefficient (Wildman–Crippen LogP) is -0.471. The van der Waals surface area contributed by atoms with Gasteiger partial charge in [-0.3, -0.25) is 14.5 Å². The molecule has 0 bridgehead atoms. The molecule has 1 unspecified atom stereocenters. The maximum atomic E-state index is 12.2. The van der Waals surface area contributed by atoms with Crippen molar-refractivity contribution in [3.63, 3.8) is 0 Å². The lowest BCUT2D eigenvalue weighted by Crippen LogP contribution is -2.47. The van der Waals surface area contributed by atoms with Gasteiger partial charge in [-0.15, -0.1) is 0 Å². The molecule has 7 nitrogen and oxygen atoms in total. The standard InChI is InChI=1S/C13H22N4O3/c1-3-13(2)11(19)17(12(20)15-13)7-4-10(18)16-8-5-14-6-9-16/h14H,3-9H2,1-2H3,(H,15,20). The Hall–Kier alpha value is -1.63. The van der Waals surface area contributed by atoms with Crippen LogP contribution in [-0.2, 0) is 9.59 Å². The minimum atomic E-state index is -0.824. The molecular weight excluding hydrogens is 260 g/mol. The van der Waals surface area contributed by atoms with Gasteiger partial charge in [0, 0.05) is 39.1 Å². The van der Waals surface area contributed by atoms with E-state index in [4.69, 9.17) is 0 Å². The van der Waals surface area contributed by atoms with Gasteiger partial charge in [0.2, 0.25) is 5.91 Å². The van der Waals surface area contributed by atoms with Crippen LogP contribution in [0.2, 0.25) is 0 Å². The number of imide groups is 1. The van der Waals surface area contributed by atoms with Crippen molar-refractivity contribution in [3.05, 3.63) is 0 Å². The second kappa shape index (κ2) is 5.78. The molecule has 0 radical (unpaired) electrons. The third-order valence-corrected chi connectivity index (χ3v) is 4.07. The lowest BCUT2D eigenvalue weighted by molar-refractivity contribution is -0.133. The fourth-order valence-corrected chi connectivity index (χ4v) is 2.47. The molecule has 2 rings (SSSR count). The molecule has 2 heterocycles. The Labute approximate surface area is 118 Å². The second-order valence-electron chi connectivity index (χ2n) is 5.45. The fraction of sp³-hybridized carbons (Fsp3) is 0.769. The summed E-state index contributed by atoms with van der Waals surface area (Å²) in [6.07, 6.45) is 0.735. The first-order valence-corrected chi connectivity index (χ1v) is 7.10. The Morgan fingerprint density at radius 1 is 1.30 bits per heavy atom. The molecule has 0 spiro atoms. The normalized spacial score (nSPS) is 26.9. The third kappa shape index (κ3) is 2.77. The molecular formula is C13H22N4O3. The largest absolute Gasteiger partial charge is 0.340 e. The van der Waals surface area contributed by atoms with E-state index in [1.165, 1.54) is 0 Å². The van der Waals surface area contributed by atoms with Crippen LogP contribution in [0.1, 0.15) is 26.7 Å². The summed E-state index contributed by atoms with van der Waals surface area (Å²) in [4.78, 5) is 38.9. The summed E-state index contributed by atoms with van der Waals surface area (Å²) >= 11 is 0. The summed E-state index contributed by atoms with van der Waals surface area (Å²) in [5.41, 5.74) is -0.824. The van der Waals surface area contributed by atoms with Gasteiger partial charge in [-0.2, -0.15) is 0 Å². The Kier molecular flexibility index (Phi) is 4.27. The molecule has 2 saturated heterocycles. The third-order valence-electron chi connectivity index (χ3n) is 4.07. The number of carbonyl (C=O) groups is 3. The lowest BCUT2D eigenvalue weighted by atomic mass is 9.99. The summed E-state index contributed by atoms with van der Waals surface area (Å²) in [7, 11) is 0. The topological polar surface area (TPSA) is 81.8 Å². The highest BCUT2D eigenvalue weighted by Crippen LogP contribution is 2.20. The van der Waals surface area contributed by atoms with Gasteiger partial charge in [0.1, 0.15) is 5.54 Å². The fourth-order valence-electron chi connectivity index (χ4n) is 2.47. The SMILES string of the molecule is CCC1(C)NC(=O)N(CCC(=O)N2CCNCC2)C1=O. The molecule has 2 aliphatic rings. The second-order valence-corrected chi connectivity index (χ2v) is 5.45. The number of carbonyl (C=O) groups excluding carboxylic acids is 3. The van der Waals surface area contributed by atoms with E-state index in [1.807, 2.05) is 6.92 Å². The Balaban J connectivity index is 1.89. The highest BCUT2D eigenvalue weighted by molar-refractivity contribution is 6.06. The molecule has 0 aliphatic carbocycles. The van der Waals surface area contributed by atoms with Gasteiger partial charge >= 0.3 is 6.03 Å². The molecule has 2 fully saturated rings. The Morgan fingerprint density at radius 3 is 2.50 bits per heavy atom. The van der Waals surface area contributed by atoms with E-state index in [-0.39, 0.29) is 24.8 Å². The van der Waals surface area contributed by atoms with E-state index in [1.54, 1.807) is 11.8 Å². The molecule has 0 saturated carbocycles. The summed E-state index contributed by atoms with van der Waals surface area (Å²) in [6, 6.07) is -0.396. The molecule has 20 heavy (non-hydrogen) atoms. The van der Waals surface area contributed by atoms with Crippen molar-refractivity contribution in [1.29, 1.82) is 0 Å². The first-order chi connectivity index (χ1) is 9.48. The number of hydrogen-bond acceptors (Lipinski definition) is 4. The van der Waals surface area contributed by atoms with E-state index in [9.17, 15) is 14.4 Å². The van der Waals surface area contributed by atoms with Crippen molar-refractivity contribution in [2.75, 3.05) is 32.7 Å². The van der Waals surface area contributed by atoms with Crippen LogP contribution in [-0.4, -0.2) is 65.9 Å². The highest BCUT2D eigenvalue weighted by Gasteiger charge is 2.46. The maximum Gasteiger partial charge on any atom is 0.325 e. The van der Waals surface area contributed by atoms with E-state index < -0.39 is 11.6 Å². The highest BCUT2D eigenvalue weighted by atomic mass is 16.2. The molecule has 2 aliphatic heterocycles. The van der Waals surface area contributed by atoms with Crippen molar-refractivity contribution in [1.82, 2.24) is 20.4 Å². The van der Waals surface area contributed by atoms with Gasteiger partial charge in [0.15, 0.2) is 0 Å². The van der Waals surface area contributed by atoms with Gasteiger partial charge in [-0.1, -0.05) is 6.92 Å². The van der Waals surface area contributed by atoms with E-state index in [0.717, 1.165) is 18.0 Å². The molecule has 0 aromatic heterocycles. The first-order valence-electron chi connectivity index (χ1n) is 7.10. The van der Waals surface area contributed by atoms with Crippen LogP contribution in [0.15, 0.2) is 0 Å². The molecule has 1 atom stereocenters. The average Bonchev–Trinajstić information content (AvgIpc) is 2.68. The van der Waals surface area contributed by atoms with Gasteiger partial charge in [0.25, 0.3) is 5.91 Å². The average molecular weight is 282 g/mol. The maximum absolute atomic E-state index is 12.2. The first kappa shape index (κ1) is 14.8. The predicted molar refractivity (Wildman–Crippen MR) is 73.0 cm³/mol. The quantitative estimate of drug-likeness (QED) is 0.683. The summed E-state index contributed by atoms with van der Waals surface area (Å²) in [5, 5.41) is 5.86. The zero-order valence-electron chi connectivity index (χ0n) is 12.1. The van der Waals surface area contributed by atoms with Gasteiger partial charge in [-0.05, 0) is 13.3 Å². The zero-order chi connectivity index (χ0) is 14.8. The van der Waals surface area contributed by atoms with Gasteiger partial charge in [-0.25, -0.2) is 4.79 Å².